The van der Waals surface area contributed by atoms with E-state index in [-0.39, 0.29) is 0 Å². The van der Waals surface area contributed by atoms with Gasteiger partial charge in [-0.1, -0.05) is 5.16 Å². The van der Waals surface area contributed by atoms with Crippen LogP contribution in [0.2, 0.25) is 0 Å². The summed E-state index contributed by atoms with van der Waals surface area (Å²) in [5, 5.41) is 3.86. The first-order chi connectivity index (χ1) is 6.92. The third-order valence-corrected chi connectivity index (χ3v) is 1.80. The Bertz CT molecular complexity index is 413. The Labute approximate surface area is 80.8 Å². The van der Waals surface area contributed by atoms with E-state index in [1.165, 1.54) is 0 Å². The number of hydrogen-bond acceptors (Lipinski definition) is 5. The van der Waals surface area contributed by atoms with Crippen LogP contribution in [0.1, 0.15) is 5.69 Å². The number of fused-ring (bicyclic) bond motifs is 1. The zero-order chi connectivity index (χ0) is 9.80. The van der Waals surface area contributed by atoms with Gasteiger partial charge >= 0.3 is 0 Å². The van der Waals surface area contributed by atoms with Crippen molar-refractivity contribution >= 4 is 11.1 Å². The number of nitrogens with two attached hydrogens (primary N) is 1. The highest BCUT2D eigenvalue weighted by molar-refractivity contribution is 5.73. The smallest absolute Gasteiger partial charge is 0.185 e. The molecule has 0 aliphatic carbocycles. The lowest BCUT2D eigenvalue weighted by Gasteiger charge is -1.97. The molecule has 0 radical (unpaired) electrons. The van der Waals surface area contributed by atoms with Crippen molar-refractivity contribution in [1.82, 2.24) is 10.1 Å². The lowest BCUT2D eigenvalue weighted by atomic mass is 10.3. The van der Waals surface area contributed by atoms with Gasteiger partial charge in [0.2, 0.25) is 0 Å². The van der Waals surface area contributed by atoms with Gasteiger partial charge in [-0.25, -0.2) is 0 Å². The summed E-state index contributed by atoms with van der Waals surface area (Å²) in [7, 11) is 0. The van der Waals surface area contributed by atoms with Gasteiger partial charge in [-0.2, -0.15) is 0 Å². The molecule has 74 valence electrons. The van der Waals surface area contributed by atoms with Gasteiger partial charge in [0.05, 0.1) is 13.2 Å². The van der Waals surface area contributed by atoms with E-state index in [1.807, 2.05) is 6.07 Å². The standard InChI is InChI=1S/C9H11N3O2/c10-3-5-13-6-7-9-8(14-12-7)2-1-4-11-9/h1-2,4H,3,5-6,10H2. The molecule has 0 aliphatic heterocycles. The molecular weight excluding hydrogens is 182 g/mol. The van der Waals surface area contributed by atoms with E-state index in [4.69, 9.17) is 15.0 Å². The van der Waals surface area contributed by atoms with Gasteiger partial charge in [0.1, 0.15) is 11.2 Å². The highest BCUT2D eigenvalue weighted by Crippen LogP contribution is 2.15. The van der Waals surface area contributed by atoms with Crippen LogP contribution in [0.5, 0.6) is 0 Å². The molecule has 0 spiro atoms. The number of rotatable bonds is 4. The molecule has 14 heavy (non-hydrogen) atoms. The molecule has 0 amide bonds. The molecule has 5 heteroatoms. The van der Waals surface area contributed by atoms with Crippen LogP contribution >= 0.6 is 0 Å². The molecule has 2 heterocycles. The van der Waals surface area contributed by atoms with Crippen LogP contribution < -0.4 is 5.73 Å². The molecule has 2 N–H and O–H groups in total. The van der Waals surface area contributed by atoms with Gasteiger partial charge in [0, 0.05) is 12.7 Å². The minimum atomic E-state index is 0.390. The number of ether oxygens (including phenoxy) is 1. The highest BCUT2D eigenvalue weighted by Gasteiger charge is 2.07. The Hall–Kier alpha value is -1.46. The van der Waals surface area contributed by atoms with E-state index in [9.17, 15) is 0 Å². The molecule has 0 bridgehead atoms. The molecule has 5 nitrogen and oxygen atoms in total. The summed E-state index contributed by atoms with van der Waals surface area (Å²) in [4.78, 5) is 4.15. The molecule has 0 atom stereocenters. The molecule has 0 aliphatic rings. The number of nitrogens with zero attached hydrogens (tertiary/aromatic N) is 2. The van der Waals surface area contributed by atoms with Crippen molar-refractivity contribution in [3.05, 3.63) is 24.0 Å². The zero-order valence-electron chi connectivity index (χ0n) is 7.64. The van der Waals surface area contributed by atoms with Crippen molar-refractivity contribution in [1.29, 1.82) is 0 Å². The number of aromatic nitrogens is 2. The zero-order valence-corrected chi connectivity index (χ0v) is 7.64. The van der Waals surface area contributed by atoms with E-state index in [0.29, 0.717) is 31.0 Å². The largest absolute Gasteiger partial charge is 0.374 e. The Balaban J connectivity index is 2.17. The summed E-state index contributed by atoms with van der Waals surface area (Å²) in [6.45, 7) is 1.41. The second kappa shape index (κ2) is 4.17. The SMILES string of the molecule is NCCOCc1noc2cccnc12. The Morgan fingerprint density at radius 1 is 1.50 bits per heavy atom. The first-order valence-electron chi connectivity index (χ1n) is 4.39. The van der Waals surface area contributed by atoms with E-state index >= 15 is 0 Å². The lowest BCUT2D eigenvalue weighted by molar-refractivity contribution is 0.123. The monoisotopic (exact) mass is 193 g/mol. The summed E-state index contributed by atoms with van der Waals surface area (Å²) >= 11 is 0. The summed E-state index contributed by atoms with van der Waals surface area (Å²) < 4.78 is 10.3. The minimum Gasteiger partial charge on any atom is -0.374 e. The first kappa shape index (κ1) is 9.11. The Kier molecular flexibility index (Phi) is 2.71. The maximum Gasteiger partial charge on any atom is 0.185 e. The number of pyridine rings is 1. The molecule has 0 aromatic carbocycles. The van der Waals surface area contributed by atoms with Crippen molar-refractivity contribution in [2.45, 2.75) is 6.61 Å². The van der Waals surface area contributed by atoms with Crippen LogP contribution in [-0.2, 0) is 11.3 Å². The molecule has 0 saturated heterocycles. The first-order valence-corrected chi connectivity index (χ1v) is 4.39. The van der Waals surface area contributed by atoms with Gasteiger partial charge in [-0.3, -0.25) is 4.98 Å². The van der Waals surface area contributed by atoms with Crippen molar-refractivity contribution in [3.8, 4) is 0 Å². The Morgan fingerprint density at radius 3 is 3.29 bits per heavy atom. The third kappa shape index (κ3) is 1.73. The molecular formula is C9H11N3O2. The molecule has 2 aromatic rings. The minimum absolute atomic E-state index is 0.390. The van der Waals surface area contributed by atoms with E-state index in [0.717, 1.165) is 5.52 Å². The summed E-state index contributed by atoms with van der Waals surface area (Å²) in [5.41, 5.74) is 7.45. The van der Waals surface area contributed by atoms with Crippen LogP contribution in [0.3, 0.4) is 0 Å². The van der Waals surface area contributed by atoms with Gasteiger partial charge < -0.3 is 15.0 Å². The quantitative estimate of drug-likeness (QED) is 0.723. The average Bonchev–Trinajstić information content (AvgIpc) is 2.63. The maximum atomic E-state index is 5.30. The van der Waals surface area contributed by atoms with E-state index in [2.05, 4.69) is 10.1 Å². The molecule has 0 saturated carbocycles. The molecule has 0 fully saturated rings. The van der Waals surface area contributed by atoms with Crippen molar-refractivity contribution < 1.29 is 9.26 Å². The number of hydrogen-bond donors (Lipinski definition) is 1. The molecule has 2 rings (SSSR count). The van der Waals surface area contributed by atoms with Gasteiger partial charge in [-0.15, -0.1) is 0 Å². The molecule has 0 unspecified atom stereocenters. The van der Waals surface area contributed by atoms with Gasteiger partial charge in [-0.05, 0) is 12.1 Å². The topological polar surface area (TPSA) is 74.2 Å². The Morgan fingerprint density at radius 2 is 2.43 bits per heavy atom. The second-order valence-electron chi connectivity index (χ2n) is 2.82. The third-order valence-electron chi connectivity index (χ3n) is 1.80. The predicted molar refractivity (Wildman–Crippen MR) is 50.5 cm³/mol. The fourth-order valence-electron chi connectivity index (χ4n) is 1.18. The van der Waals surface area contributed by atoms with E-state index in [1.54, 1.807) is 12.3 Å². The van der Waals surface area contributed by atoms with Crippen LogP contribution in [0.25, 0.3) is 11.1 Å². The van der Waals surface area contributed by atoms with Crippen LogP contribution in [0.15, 0.2) is 22.9 Å². The van der Waals surface area contributed by atoms with Crippen LogP contribution in [-0.4, -0.2) is 23.3 Å². The van der Waals surface area contributed by atoms with Gasteiger partial charge in [0.15, 0.2) is 5.58 Å². The van der Waals surface area contributed by atoms with Crippen molar-refractivity contribution in [2.24, 2.45) is 5.73 Å². The normalized spacial score (nSPS) is 10.9. The average molecular weight is 193 g/mol. The summed E-state index contributed by atoms with van der Waals surface area (Å²) in [6.07, 6.45) is 1.70. The fourth-order valence-corrected chi connectivity index (χ4v) is 1.18. The van der Waals surface area contributed by atoms with Crippen molar-refractivity contribution in [2.75, 3.05) is 13.2 Å². The summed E-state index contributed by atoms with van der Waals surface area (Å²) in [5.74, 6) is 0. The van der Waals surface area contributed by atoms with Crippen LogP contribution in [0.4, 0.5) is 0 Å². The highest BCUT2D eigenvalue weighted by atomic mass is 16.5. The fraction of sp³-hybridized carbons (Fsp3) is 0.333. The molecule has 2 aromatic heterocycles. The van der Waals surface area contributed by atoms with Crippen LogP contribution in [0, 0.1) is 0 Å². The van der Waals surface area contributed by atoms with Crippen molar-refractivity contribution in [3.63, 3.8) is 0 Å². The summed E-state index contributed by atoms with van der Waals surface area (Å²) in [6, 6.07) is 3.62. The second-order valence-corrected chi connectivity index (χ2v) is 2.82. The lowest BCUT2D eigenvalue weighted by Crippen LogP contribution is -2.08. The predicted octanol–water partition coefficient (Wildman–Crippen LogP) is 0.698. The van der Waals surface area contributed by atoms with E-state index < -0.39 is 0 Å². The van der Waals surface area contributed by atoms with Gasteiger partial charge in [0.25, 0.3) is 0 Å². The maximum absolute atomic E-state index is 5.30.